The van der Waals surface area contributed by atoms with Gasteiger partial charge in [0.2, 0.25) is 0 Å². The number of carbonyl (C=O) groups excluding carboxylic acids is 1. The number of aromatic nitrogens is 2. The number of amides is 1. The van der Waals surface area contributed by atoms with Crippen LogP contribution >= 0.6 is 11.3 Å². The lowest BCUT2D eigenvalue weighted by Crippen LogP contribution is -2.31. The number of thiophene rings is 1. The van der Waals surface area contributed by atoms with Crippen LogP contribution in [0.5, 0.6) is 0 Å². The third-order valence-corrected chi connectivity index (χ3v) is 4.21. The fraction of sp³-hybridized carbons (Fsp3) is 0.278. The normalized spacial score (nSPS) is 12.0. The molecule has 0 saturated heterocycles. The number of rotatable bonds is 4. The van der Waals surface area contributed by atoms with Crippen LogP contribution in [0, 0.1) is 0 Å². The van der Waals surface area contributed by atoms with Gasteiger partial charge in [0.25, 0.3) is 0 Å². The highest BCUT2D eigenvalue weighted by Crippen LogP contribution is 2.24. The number of alkyl carbamates (subject to hydrolysis) is 1. The Balaban J connectivity index is 1.61. The third kappa shape index (κ3) is 4.67. The molecule has 0 atom stereocenters. The van der Waals surface area contributed by atoms with Crippen molar-refractivity contribution < 1.29 is 9.53 Å². The van der Waals surface area contributed by atoms with Gasteiger partial charge in [0.05, 0.1) is 29.6 Å². The van der Waals surface area contributed by atoms with Crippen molar-refractivity contribution in [1.82, 2.24) is 14.9 Å². The molecule has 1 N–H and O–H groups in total. The van der Waals surface area contributed by atoms with Crippen molar-refractivity contribution in [3.05, 3.63) is 46.9 Å². The Kier molecular flexibility index (Phi) is 4.85. The fourth-order valence-electron chi connectivity index (χ4n) is 2.31. The lowest BCUT2D eigenvalue weighted by Gasteiger charge is -2.18. The van der Waals surface area contributed by atoms with Crippen molar-refractivity contribution in [1.29, 1.82) is 0 Å². The van der Waals surface area contributed by atoms with Gasteiger partial charge in [-0.15, -0.1) is 11.3 Å². The number of nitrogens with one attached hydrogen (secondary N) is 1. The van der Waals surface area contributed by atoms with Crippen LogP contribution in [-0.4, -0.2) is 27.6 Å². The summed E-state index contributed by atoms with van der Waals surface area (Å²) in [5.74, 6) is 0. The van der Waals surface area contributed by atoms with Gasteiger partial charge in [-0.2, -0.15) is 0 Å². The zero-order valence-electron chi connectivity index (χ0n) is 14.4. The molecule has 0 aliphatic heterocycles. The Hall–Kier alpha value is -2.67. The molecule has 3 aromatic heterocycles. The highest BCUT2D eigenvalue weighted by Gasteiger charge is 2.15. The number of nitrogens with zero attached hydrogens (tertiary/aromatic N) is 3. The summed E-state index contributed by atoms with van der Waals surface area (Å²) in [7, 11) is 0. The molecule has 0 spiro atoms. The number of fused-ring (bicyclic) bond motifs is 1. The van der Waals surface area contributed by atoms with E-state index < -0.39 is 11.7 Å². The lowest BCUT2D eigenvalue weighted by atomic mass is 10.2. The Morgan fingerprint density at radius 1 is 1.44 bits per heavy atom. The Bertz CT molecular complexity index is 905. The van der Waals surface area contributed by atoms with E-state index in [1.165, 1.54) is 11.2 Å². The van der Waals surface area contributed by atoms with E-state index in [-0.39, 0.29) is 0 Å². The number of hydrogen-bond donors (Lipinski definition) is 1. The Morgan fingerprint density at radius 3 is 3.08 bits per heavy atom. The maximum absolute atomic E-state index is 11.6. The summed E-state index contributed by atoms with van der Waals surface area (Å²) in [4.78, 5) is 21.3. The van der Waals surface area contributed by atoms with E-state index in [1.807, 2.05) is 50.5 Å². The predicted octanol–water partition coefficient (Wildman–Crippen LogP) is 4.33. The summed E-state index contributed by atoms with van der Waals surface area (Å²) in [6.45, 7) is 6.20. The maximum atomic E-state index is 11.6. The topological polar surface area (TPSA) is 68.5 Å². The molecule has 130 valence electrons. The summed E-state index contributed by atoms with van der Waals surface area (Å²) in [6, 6.07) is 8.00. The van der Waals surface area contributed by atoms with Crippen LogP contribution in [0.3, 0.4) is 0 Å². The van der Waals surface area contributed by atoms with Gasteiger partial charge in [0.1, 0.15) is 5.60 Å². The monoisotopic (exact) mass is 356 g/mol. The van der Waals surface area contributed by atoms with Crippen molar-refractivity contribution in [2.45, 2.75) is 32.9 Å². The van der Waals surface area contributed by atoms with E-state index in [1.54, 1.807) is 17.5 Å². The van der Waals surface area contributed by atoms with Crippen molar-refractivity contribution in [2.24, 2.45) is 4.99 Å². The molecule has 0 bridgehead atoms. The molecule has 3 aromatic rings. The molecule has 25 heavy (non-hydrogen) atoms. The van der Waals surface area contributed by atoms with Crippen LogP contribution in [0.15, 0.2) is 47.0 Å². The Morgan fingerprint density at radius 2 is 2.28 bits per heavy atom. The molecule has 0 aromatic carbocycles. The number of hydrogen-bond acceptors (Lipinski definition) is 5. The van der Waals surface area contributed by atoms with E-state index in [2.05, 4.69) is 25.9 Å². The average Bonchev–Trinajstić information content (AvgIpc) is 3.14. The van der Waals surface area contributed by atoms with Crippen LogP contribution in [-0.2, 0) is 11.3 Å². The van der Waals surface area contributed by atoms with E-state index in [9.17, 15) is 4.79 Å². The molecule has 0 unspecified atom stereocenters. The lowest BCUT2D eigenvalue weighted by molar-refractivity contribution is 0.0565. The molecule has 0 aliphatic rings. The van der Waals surface area contributed by atoms with Gasteiger partial charge in [-0.05, 0) is 45.0 Å². The highest BCUT2D eigenvalue weighted by molar-refractivity contribution is 7.10. The first kappa shape index (κ1) is 17.2. The summed E-state index contributed by atoms with van der Waals surface area (Å²) < 4.78 is 7.30. The second-order valence-corrected chi connectivity index (χ2v) is 7.52. The zero-order chi connectivity index (χ0) is 17.9. The fourth-order valence-corrected chi connectivity index (χ4v) is 3.12. The maximum Gasteiger partial charge on any atom is 0.412 e. The zero-order valence-corrected chi connectivity index (χ0v) is 15.2. The van der Waals surface area contributed by atoms with Crippen molar-refractivity contribution >= 4 is 40.5 Å². The average molecular weight is 356 g/mol. The van der Waals surface area contributed by atoms with Gasteiger partial charge in [-0.1, -0.05) is 0 Å². The van der Waals surface area contributed by atoms with Gasteiger partial charge in [-0.25, -0.2) is 9.79 Å². The Labute approximate surface area is 150 Å². The van der Waals surface area contributed by atoms with Crippen LogP contribution in [0.2, 0.25) is 0 Å². The first-order chi connectivity index (χ1) is 11.9. The second kappa shape index (κ2) is 7.06. The molecule has 3 heterocycles. The third-order valence-electron chi connectivity index (χ3n) is 3.30. The van der Waals surface area contributed by atoms with Gasteiger partial charge in [-0.3, -0.25) is 10.3 Å². The minimum atomic E-state index is -0.526. The number of pyridine rings is 1. The van der Waals surface area contributed by atoms with Gasteiger partial charge < -0.3 is 9.30 Å². The first-order valence-electron chi connectivity index (χ1n) is 7.90. The molecule has 0 saturated carbocycles. The quantitative estimate of drug-likeness (QED) is 0.559. The van der Waals surface area contributed by atoms with Crippen molar-refractivity contribution in [3.63, 3.8) is 0 Å². The van der Waals surface area contributed by atoms with Crippen molar-refractivity contribution in [2.75, 3.05) is 0 Å². The van der Waals surface area contributed by atoms with Crippen molar-refractivity contribution in [3.8, 4) is 0 Å². The number of ether oxygens (including phenoxy) is 1. The predicted molar refractivity (Wildman–Crippen MR) is 101 cm³/mol. The smallest absolute Gasteiger partial charge is 0.412 e. The van der Waals surface area contributed by atoms with Crippen LogP contribution in [0.1, 0.15) is 25.6 Å². The molecular weight excluding hydrogens is 336 g/mol. The highest BCUT2D eigenvalue weighted by atomic mass is 32.1. The molecule has 7 heteroatoms. The van der Waals surface area contributed by atoms with Gasteiger partial charge >= 0.3 is 6.09 Å². The molecular formula is C18H20N4O2S. The number of aliphatic imine (C=N–C) groups is 1. The molecule has 6 nitrogen and oxygen atoms in total. The molecule has 3 rings (SSSR count). The largest absolute Gasteiger partial charge is 0.444 e. The van der Waals surface area contributed by atoms with Crippen LogP contribution in [0.25, 0.3) is 11.0 Å². The van der Waals surface area contributed by atoms with E-state index in [0.29, 0.717) is 0 Å². The summed E-state index contributed by atoms with van der Waals surface area (Å²) in [5.41, 5.74) is 2.36. The minimum absolute atomic E-state index is 0.516. The summed E-state index contributed by atoms with van der Waals surface area (Å²) >= 11 is 1.63. The second-order valence-electron chi connectivity index (χ2n) is 6.53. The SMILES string of the molecule is CC(C)(C)OC(=O)NC=Nc1csc(Cn2ccc3ncccc32)c1. The molecule has 0 aliphatic carbocycles. The van der Waals surface area contributed by atoms with Gasteiger partial charge in [0.15, 0.2) is 0 Å². The van der Waals surface area contributed by atoms with Gasteiger partial charge in [0, 0.05) is 22.7 Å². The molecule has 0 fully saturated rings. The summed E-state index contributed by atoms with van der Waals surface area (Å²) in [5, 5.41) is 4.46. The van der Waals surface area contributed by atoms with Crippen LogP contribution < -0.4 is 5.32 Å². The van der Waals surface area contributed by atoms with E-state index >= 15 is 0 Å². The van der Waals surface area contributed by atoms with E-state index in [0.717, 1.165) is 23.3 Å². The molecule has 0 radical (unpaired) electrons. The standard InChI is InChI=1S/C18H20N4O2S/c1-18(2,3)24-17(23)21-12-20-13-9-14(25-11-13)10-22-8-6-15-16(22)5-4-7-19-15/h4-9,11-12H,10H2,1-3H3,(H,20,21,23). The first-order valence-corrected chi connectivity index (χ1v) is 8.78. The van der Waals surface area contributed by atoms with Crippen LogP contribution in [0.4, 0.5) is 10.5 Å². The van der Waals surface area contributed by atoms with E-state index in [4.69, 9.17) is 4.74 Å². The summed E-state index contributed by atoms with van der Waals surface area (Å²) in [6.07, 6.45) is 4.67. The number of carbonyl (C=O) groups is 1. The molecule has 1 amide bonds. The minimum Gasteiger partial charge on any atom is -0.444 e.